The summed E-state index contributed by atoms with van der Waals surface area (Å²) in [5.41, 5.74) is 1.70. The molecule has 40 heavy (non-hydrogen) atoms. The van der Waals surface area contributed by atoms with E-state index < -0.39 is 27.1 Å². The molecule has 7 nitrogen and oxygen atoms in total. The molecular weight excluding hydrogens is 524 g/mol. The van der Waals surface area contributed by atoms with Gasteiger partial charge in [0.25, 0.3) is 0 Å². The Hall–Kier alpha value is -2.68. The molecule has 6 rings (SSSR count). The Bertz CT molecular complexity index is 1410. The summed E-state index contributed by atoms with van der Waals surface area (Å²) >= 11 is 0. The van der Waals surface area contributed by atoms with Crippen molar-refractivity contribution in [1.29, 1.82) is 0 Å². The van der Waals surface area contributed by atoms with Crippen LogP contribution in [0.4, 0.5) is 0 Å². The monoisotopic (exact) mass is 564 g/mol. The molecule has 2 aromatic rings. The van der Waals surface area contributed by atoms with Gasteiger partial charge in [-0.25, -0.2) is 8.42 Å². The van der Waals surface area contributed by atoms with Crippen LogP contribution in [-0.4, -0.2) is 67.0 Å². The second-order valence-corrected chi connectivity index (χ2v) is 14.3. The predicted octanol–water partition coefficient (Wildman–Crippen LogP) is 4.45. The molecule has 4 aliphatic rings. The first-order valence-corrected chi connectivity index (χ1v) is 16.1. The Labute approximate surface area is 238 Å². The van der Waals surface area contributed by atoms with Gasteiger partial charge in [-0.15, -0.1) is 6.58 Å². The Morgan fingerprint density at radius 2 is 1.98 bits per heavy atom. The molecule has 1 saturated heterocycles. The Kier molecular flexibility index (Phi) is 6.87. The van der Waals surface area contributed by atoms with Gasteiger partial charge < -0.3 is 9.47 Å². The van der Waals surface area contributed by atoms with Crippen molar-refractivity contribution in [3.63, 3.8) is 0 Å². The van der Waals surface area contributed by atoms with Gasteiger partial charge in [0.05, 0.1) is 23.3 Å². The number of carbonyl (C=O) groups excluding carboxylic acids is 1. The molecule has 2 bridgehead atoms. The smallest absolute Gasteiger partial charge is 0.303 e. The van der Waals surface area contributed by atoms with E-state index in [0.717, 1.165) is 36.3 Å². The molecule has 2 aliphatic heterocycles. The summed E-state index contributed by atoms with van der Waals surface area (Å²) in [4.78, 5) is 15.2. The van der Waals surface area contributed by atoms with Gasteiger partial charge >= 0.3 is 5.97 Å². The number of ether oxygens (including phenoxy) is 2. The summed E-state index contributed by atoms with van der Waals surface area (Å²) in [6.07, 6.45) is 4.09. The molecule has 0 N–H and O–H groups in total. The van der Waals surface area contributed by atoms with Crippen LogP contribution in [0.15, 0.2) is 61.2 Å². The van der Waals surface area contributed by atoms with Gasteiger partial charge in [0, 0.05) is 32.1 Å². The van der Waals surface area contributed by atoms with Gasteiger partial charge in [-0.05, 0) is 48.8 Å². The lowest BCUT2D eigenvalue weighted by molar-refractivity contribution is -0.220. The minimum absolute atomic E-state index is 0.0319. The van der Waals surface area contributed by atoms with Crippen LogP contribution in [0, 0.1) is 5.92 Å². The van der Waals surface area contributed by atoms with Gasteiger partial charge in [0.1, 0.15) is 17.5 Å². The first kappa shape index (κ1) is 27.5. The number of rotatable bonds is 9. The maximum absolute atomic E-state index is 14.2. The van der Waals surface area contributed by atoms with Crippen molar-refractivity contribution in [2.24, 2.45) is 5.92 Å². The molecule has 0 unspecified atom stereocenters. The van der Waals surface area contributed by atoms with Crippen molar-refractivity contribution in [1.82, 2.24) is 9.21 Å². The average molecular weight is 565 g/mol. The van der Waals surface area contributed by atoms with Crippen molar-refractivity contribution in [2.75, 3.05) is 19.6 Å². The van der Waals surface area contributed by atoms with Crippen LogP contribution in [0.5, 0.6) is 5.75 Å². The Morgan fingerprint density at radius 1 is 1.20 bits per heavy atom. The molecule has 0 amide bonds. The van der Waals surface area contributed by atoms with Gasteiger partial charge in [0.15, 0.2) is 0 Å². The van der Waals surface area contributed by atoms with Crippen molar-refractivity contribution < 1.29 is 22.7 Å². The highest BCUT2D eigenvalue weighted by atomic mass is 32.2. The summed E-state index contributed by atoms with van der Waals surface area (Å²) in [5, 5.41) is 0. The second kappa shape index (κ2) is 10.00. The molecule has 2 fully saturated rings. The van der Waals surface area contributed by atoms with E-state index in [0.29, 0.717) is 25.9 Å². The zero-order valence-corrected chi connectivity index (χ0v) is 24.5. The van der Waals surface area contributed by atoms with Crippen molar-refractivity contribution >= 4 is 16.0 Å². The topological polar surface area (TPSA) is 76.2 Å². The van der Waals surface area contributed by atoms with Crippen LogP contribution in [0.2, 0.25) is 0 Å². The van der Waals surface area contributed by atoms with Crippen molar-refractivity contribution in [3.8, 4) is 5.75 Å². The number of hydrogen-bond acceptors (Lipinski definition) is 6. The Morgan fingerprint density at radius 3 is 2.67 bits per heavy atom. The molecule has 1 spiro atoms. The quantitative estimate of drug-likeness (QED) is 0.331. The SMILES string of the molecule is C=CCN1CC[C@]23c4c5cccc4O[C@H]2[C@H](N(CC(C)C)S(=O)(=O)Cc2ccccc2)CC[C@@]3(OC(C)=O)[C@H]1C5. The van der Waals surface area contributed by atoms with Crippen LogP contribution in [-0.2, 0) is 37.1 Å². The standard InChI is InChI=1S/C32H40N2O5S/c1-5-17-33-18-16-31-29-25-12-9-13-27(29)38-30(31)26(14-15-32(31,28(33)19-25)39-23(4)35)34(20-22(2)3)40(36,37)21-24-10-7-6-8-11-24/h5-13,22,26,28,30H,1,14-21H2,2-4H3/t26-,28-,30+,31+,32-/m1/s1. The molecule has 2 aliphatic carbocycles. The summed E-state index contributed by atoms with van der Waals surface area (Å²) in [6, 6.07) is 15.2. The number of esters is 1. The fraction of sp³-hybridized carbons (Fsp3) is 0.531. The normalized spacial score (nSPS) is 30.6. The summed E-state index contributed by atoms with van der Waals surface area (Å²) < 4.78 is 43.5. The number of carbonyl (C=O) groups is 1. The zero-order valence-electron chi connectivity index (χ0n) is 23.7. The van der Waals surface area contributed by atoms with Crippen LogP contribution in [0.3, 0.4) is 0 Å². The molecule has 1 saturated carbocycles. The summed E-state index contributed by atoms with van der Waals surface area (Å²) in [6.45, 7) is 11.5. The number of sulfonamides is 1. The second-order valence-electron chi connectivity index (χ2n) is 12.3. The lowest BCUT2D eigenvalue weighted by Gasteiger charge is -2.65. The molecule has 8 heteroatoms. The highest BCUT2D eigenvalue weighted by Gasteiger charge is 2.75. The Balaban J connectivity index is 1.50. The number of nitrogens with zero attached hydrogens (tertiary/aromatic N) is 2. The number of benzene rings is 2. The van der Waals surface area contributed by atoms with E-state index in [-0.39, 0.29) is 29.7 Å². The third-order valence-electron chi connectivity index (χ3n) is 9.55. The predicted molar refractivity (Wildman–Crippen MR) is 155 cm³/mol. The number of hydrogen-bond donors (Lipinski definition) is 0. The molecule has 214 valence electrons. The van der Waals surface area contributed by atoms with Crippen LogP contribution < -0.4 is 4.74 Å². The minimum Gasteiger partial charge on any atom is -0.487 e. The maximum Gasteiger partial charge on any atom is 0.303 e. The van der Waals surface area contributed by atoms with Gasteiger partial charge in [-0.3, -0.25) is 9.69 Å². The first-order chi connectivity index (χ1) is 19.1. The minimum atomic E-state index is -3.68. The fourth-order valence-corrected chi connectivity index (χ4v) is 10.3. The van der Waals surface area contributed by atoms with E-state index in [2.05, 4.69) is 31.4 Å². The molecule has 0 radical (unpaired) electrons. The maximum atomic E-state index is 14.2. The van der Waals surface area contributed by atoms with Gasteiger partial charge in [-0.2, -0.15) is 4.31 Å². The summed E-state index contributed by atoms with van der Waals surface area (Å²) in [7, 11) is -3.68. The summed E-state index contributed by atoms with van der Waals surface area (Å²) in [5.74, 6) is 0.591. The van der Waals surface area contributed by atoms with E-state index in [1.165, 1.54) is 12.5 Å². The van der Waals surface area contributed by atoms with Crippen molar-refractivity contribution in [3.05, 3.63) is 77.9 Å². The third kappa shape index (κ3) is 4.05. The lowest BCUT2D eigenvalue weighted by atomic mass is 9.48. The van der Waals surface area contributed by atoms with E-state index in [4.69, 9.17) is 9.47 Å². The third-order valence-corrected chi connectivity index (χ3v) is 11.4. The molecular formula is C32H40N2O5S. The fourth-order valence-electron chi connectivity index (χ4n) is 8.37. The highest BCUT2D eigenvalue weighted by Crippen LogP contribution is 2.66. The molecule has 2 heterocycles. The highest BCUT2D eigenvalue weighted by molar-refractivity contribution is 7.88. The molecule has 0 aromatic heterocycles. The van der Waals surface area contributed by atoms with E-state index in [1.807, 2.05) is 48.5 Å². The van der Waals surface area contributed by atoms with Gasteiger partial charge in [-0.1, -0.05) is 62.4 Å². The number of piperidine rings is 1. The van der Waals surface area contributed by atoms with Crippen LogP contribution >= 0.6 is 0 Å². The lowest BCUT2D eigenvalue weighted by Crippen LogP contribution is -2.79. The van der Waals surface area contributed by atoms with Crippen LogP contribution in [0.25, 0.3) is 0 Å². The first-order valence-electron chi connectivity index (χ1n) is 14.5. The van der Waals surface area contributed by atoms with E-state index in [9.17, 15) is 13.2 Å². The van der Waals surface area contributed by atoms with E-state index >= 15 is 0 Å². The largest absolute Gasteiger partial charge is 0.487 e. The average Bonchev–Trinajstić information content (AvgIpc) is 3.24. The van der Waals surface area contributed by atoms with E-state index in [1.54, 1.807) is 4.31 Å². The van der Waals surface area contributed by atoms with Gasteiger partial charge in [0.2, 0.25) is 10.0 Å². The molecule has 5 atom stereocenters. The molecule has 2 aromatic carbocycles. The number of likely N-dealkylation sites (tertiary alicyclic amines) is 1. The zero-order chi connectivity index (χ0) is 28.3. The van der Waals surface area contributed by atoms with Crippen molar-refractivity contribution in [2.45, 2.75) is 81.4 Å². The van der Waals surface area contributed by atoms with Crippen LogP contribution in [0.1, 0.15) is 56.7 Å².